The maximum atomic E-state index is 10.9. The highest BCUT2D eigenvalue weighted by molar-refractivity contribution is 5.88. The summed E-state index contributed by atoms with van der Waals surface area (Å²) in [4.78, 5) is 10.9. The Kier molecular flexibility index (Phi) is 0.826. The summed E-state index contributed by atoms with van der Waals surface area (Å²) in [6.07, 6.45) is 3.53. The number of rotatable bonds is 1. The first-order valence-electron chi connectivity index (χ1n) is 3.44. The minimum Gasteiger partial charge on any atom is -0.358 e. The third kappa shape index (κ3) is 0.517. The molecule has 2 rings (SSSR count). The van der Waals surface area contributed by atoms with E-state index in [4.69, 9.17) is 4.74 Å². The molecule has 0 bridgehead atoms. The van der Waals surface area contributed by atoms with E-state index in [1.807, 2.05) is 0 Å². The second-order valence-electron chi connectivity index (χ2n) is 2.94. The molecule has 0 radical (unpaired) electrons. The second-order valence-corrected chi connectivity index (χ2v) is 2.94. The van der Waals surface area contributed by atoms with E-state index >= 15 is 0 Å². The fourth-order valence-electron chi connectivity index (χ4n) is 1.77. The number of ether oxygens (including phenoxy) is 1. The van der Waals surface area contributed by atoms with Crippen LogP contribution in [0.2, 0.25) is 0 Å². The van der Waals surface area contributed by atoms with E-state index in [-0.39, 0.29) is 11.4 Å². The molecule has 0 amide bonds. The van der Waals surface area contributed by atoms with Crippen molar-refractivity contribution < 1.29 is 9.53 Å². The molecule has 2 nitrogen and oxygen atoms in total. The normalized spacial score (nSPS) is 46.6. The summed E-state index contributed by atoms with van der Waals surface area (Å²) in [5.74, 6) is 0.227. The highest BCUT2D eigenvalue weighted by Crippen LogP contribution is 2.50. The van der Waals surface area contributed by atoms with E-state index in [1.54, 1.807) is 6.92 Å². The summed E-state index contributed by atoms with van der Waals surface area (Å²) in [5, 5.41) is 0. The predicted octanol–water partition coefficient (Wildman–Crippen LogP) is 0.897. The van der Waals surface area contributed by atoms with Gasteiger partial charge in [0.05, 0.1) is 6.10 Å². The third-order valence-corrected chi connectivity index (χ3v) is 2.43. The average Bonchev–Trinajstić information content (AvgIpc) is 2.38. The van der Waals surface area contributed by atoms with E-state index in [9.17, 15) is 4.79 Å². The smallest absolute Gasteiger partial charge is 0.164 e. The van der Waals surface area contributed by atoms with Crippen LogP contribution in [0.5, 0.6) is 0 Å². The zero-order valence-corrected chi connectivity index (χ0v) is 5.52. The van der Waals surface area contributed by atoms with E-state index in [0.717, 1.165) is 12.8 Å². The number of carbonyl (C=O) groups is 1. The van der Waals surface area contributed by atoms with E-state index < -0.39 is 0 Å². The molecule has 1 heterocycles. The Morgan fingerprint density at radius 3 is 2.78 bits per heavy atom. The molecular weight excluding hydrogens is 116 g/mol. The first kappa shape index (κ1) is 5.42. The van der Waals surface area contributed by atoms with Crippen molar-refractivity contribution in [3.63, 3.8) is 0 Å². The first-order chi connectivity index (χ1) is 4.26. The lowest BCUT2D eigenvalue weighted by atomic mass is 10.0. The highest BCUT2D eigenvalue weighted by Gasteiger charge is 2.62. The van der Waals surface area contributed by atoms with Crippen molar-refractivity contribution in [2.75, 3.05) is 0 Å². The number of hydrogen-bond donors (Lipinski definition) is 0. The monoisotopic (exact) mass is 126 g/mol. The standard InChI is InChI=1S/C7H10O2/c1-5(8)7-4-2-3-6(7)9-7/h6H,2-4H2,1H3. The van der Waals surface area contributed by atoms with Gasteiger partial charge in [0.15, 0.2) is 11.4 Å². The molecule has 1 saturated carbocycles. The molecule has 1 saturated heterocycles. The minimum absolute atomic E-state index is 0.227. The molecule has 9 heavy (non-hydrogen) atoms. The van der Waals surface area contributed by atoms with Crippen LogP contribution in [0.3, 0.4) is 0 Å². The van der Waals surface area contributed by atoms with Crippen LogP contribution in [-0.2, 0) is 9.53 Å². The summed E-state index contributed by atoms with van der Waals surface area (Å²) in [6, 6.07) is 0. The first-order valence-corrected chi connectivity index (χ1v) is 3.44. The van der Waals surface area contributed by atoms with Gasteiger partial charge in [-0.3, -0.25) is 4.79 Å². The molecule has 1 aliphatic heterocycles. The molecule has 1 aliphatic carbocycles. The Morgan fingerprint density at radius 2 is 2.56 bits per heavy atom. The fraction of sp³-hybridized carbons (Fsp3) is 0.857. The molecule has 2 unspecified atom stereocenters. The zero-order valence-electron chi connectivity index (χ0n) is 5.52. The molecule has 2 fully saturated rings. The van der Waals surface area contributed by atoms with Gasteiger partial charge in [-0.05, 0) is 26.2 Å². The molecule has 50 valence electrons. The van der Waals surface area contributed by atoms with Gasteiger partial charge in [-0.2, -0.15) is 0 Å². The number of Topliss-reactive ketones (excluding diaryl/α,β-unsaturated/α-hetero) is 1. The predicted molar refractivity (Wildman–Crippen MR) is 32.1 cm³/mol. The number of carbonyl (C=O) groups excluding carboxylic acids is 1. The van der Waals surface area contributed by atoms with Gasteiger partial charge >= 0.3 is 0 Å². The quantitative estimate of drug-likeness (QED) is 0.488. The molecule has 0 aromatic carbocycles. The minimum atomic E-state index is -0.278. The highest BCUT2D eigenvalue weighted by atomic mass is 16.6. The number of hydrogen-bond acceptors (Lipinski definition) is 2. The Labute approximate surface area is 54.2 Å². The topological polar surface area (TPSA) is 29.6 Å². The van der Waals surface area contributed by atoms with Gasteiger partial charge < -0.3 is 4.74 Å². The summed E-state index contributed by atoms with van der Waals surface area (Å²) in [5.41, 5.74) is -0.278. The Bertz CT molecular complexity index is 164. The van der Waals surface area contributed by atoms with Crippen LogP contribution in [0.4, 0.5) is 0 Å². The van der Waals surface area contributed by atoms with Gasteiger partial charge in [-0.25, -0.2) is 0 Å². The lowest BCUT2D eigenvalue weighted by Gasteiger charge is -1.99. The summed E-state index contributed by atoms with van der Waals surface area (Å²) in [7, 11) is 0. The molecule has 2 atom stereocenters. The average molecular weight is 126 g/mol. The van der Waals surface area contributed by atoms with Gasteiger partial charge in [0.2, 0.25) is 0 Å². The van der Waals surface area contributed by atoms with Crippen molar-refractivity contribution >= 4 is 5.78 Å². The van der Waals surface area contributed by atoms with Crippen LogP contribution in [0, 0.1) is 0 Å². The summed E-state index contributed by atoms with van der Waals surface area (Å²) in [6.45, 7) is 1.63. The van der Waals surface area contributed by atoms with Crippen molar-refractivity contribution in [2.45, 2.75) is 37.9 Å². The van der Waals surface area contributed by atoms with Gasteiger partial charge in [-0.1, -0.05) is 0 Å². The van der Waals surface area contributed by atoms with Crippen molar-refractivity contribution in [3.05, 3.63) is 0 Å². The van der Waals surface area contributed by atoms with Crippen molar-refractivity contribution in [2.24, 2.45) is 0 Å². The van der Waals surface area contributed by atoms with Crippen LogP contribution in [-0.4, -0.2) is 17.5 Å². The lowest BCUT2D eigenvalue weighted by molar-refractivity contribution is -0.122. The van der Waals surface area contributed by atoms with E-state index in [1.165, 1.54) is 6.42 Å². The molecule has 0 N–H and O–H groups in total. The third-order valence-electron chi connectivity index (χ3n) is 2.43. The van der Waals surface area contributed by atoms with Crippen LogP contribution in [0.1, 0.15) is 26.2 Å². The van der Waals surface area contributed by atoms with Crippen LogP contribution in [0.25, 0.3) is 0 Å². The van der Waals surface area contributed by atoms with Gasteiger partial charge in [-0.15, -0.1) is 0 Å². The Hall–Kier alpha value is -0.370. The number of fused-ring (bicyclic) bond motifs is 1. The Morgan fingerprint density at radius 1 is 1.78 bits per heavy atom. The second kappa shape index (κ2) is 1.37. The molecule has 2 heteroatoms. The van der Waals surface area contributed by atoms with Crippen molar-refractivity contribution in [3.8, 4) is 0 Å². The van der Waals surface area contributed by atoms with Gasteiger partial charge in [0.25, 0.3) is 0 Å². The number of epoxide rings is 1. The van der Waals surface area contributed by atoms with Crippen LogP contribution < -0.4 is 0 Å². The molecule has 2 aliphatic rings. The van der Waals surface area contributed by atoms with Crippen LogP contribution >= 0.6 is 0 Å². The van der Waals surface area contributed by atoms with E-state index in [2.05, 4.69) is 0 Å². The molecule has 0 aromatic heterocycles. The SMILES string of the molecule is CC(=O)C12CCCC1O2. The summed E-state index contributed by atoms with van der Waals surface area (Å²) >= 11 is 0. The maximum Gasteiger partial charge on any atom is 0.164 e. The molecule has 0 aromatic rings. The molecule has 0 spiro atoms. The number of ketones is 1. The zero-order chi connectivity index (χ0) is 6.48. The van der Waals surface area contributed by atoms with E-state index in [0.29, 0.717) is 6.10 Å². The molecular formula is C7H10O2. The fourth-order valence-corrected chi connectivity index (χ4v) is 1.77. The van der Waals surface area contributed by atoms with Gasteiger partial charge in [0.1, 0.15) is 0 Å². The van der Waals surface area contributed by atoms with Crippen LogP contribution in [0.15, 0.2) is 0 Å². The van der Waals surface area contributed by atoms with Crippen molar-refractivity contribution in [1.29, 1.82) is 0 Å². The largest absolute Gasteiger partial charge is 0.358 e. The maximum absolute atomic E-state index is 10.9. The van der Waals surface area contributed by atoms with Crippen molar-refractivity contribution in [1.82, 2.24) is 0 Å². The summed E-state index contributed by atoms with van der Waals surface area (Å²) < 4.78 is 5.25. The van der Waals surface area contributed by atoms with Gasteiger partial charge in [0, 0.05) is 0 Å². The lowest BCUT2D eigenvalue weighted by Crippen LogP contribution is -2.20. The Balaban J connectivity index is 2.19.